The zero-order valence-electron chi connectivity index (χ0n) is 10.6. The van der Waals surface area contributed by atoms with E-state index >= 15 is 0 Å². The molecule has 1 aliphatic rings. The number of aromatic nitrogens is 2. The van der Waals surface area contributed by atoms with E-state index in [1.54, 1.807) is 13.1 Å². The number of piperidine rings is 1. The normalized spacial score (nSPS) is 16.9. The smallest absolute Gasteiger partial charge is 0.222 e. The third kappa shape index (κ3) is 3.67. The van der Waals surface area contributed by atoms with Crippen LogP contribution in [-0.2, 0) is 11.2 Å². The Balaban J connectivity index is 1.77. The van der Waals surface area contributed by atoms with Gasteiger partial charge in [-0.05, 0) is 49.3 Å². The highest BCUT2D eigenvalue weighted by atomic mass is 35.5. The van der Waals surface area contributed by atoms with Gasteiger partial charge in [-0.2, -0.15) is 0 Å². The van der Waals surface area contributed by atoms with Crippen LogP contribution < -0.4 is 0 Å². The molecule has 1 aromatic rings. The fourth-order valence-corrected chi connectivity index (χ4v) is 2.56. The van der Waals surface area contributed by atoms with Gasteiger partial charge in [-0.3, -0.25) is 4.79 Å². The molecule has 2 heterocycles. The van der Waals surface area contributed by atoms with Crippen LogP contribution in [-0.4, -0.2) is 33.9 Å². The Morgan fingerprint density at radius 1 is 1.50 bits per heavy atom. The van der Waals surface area contributed by atoms with Gasteiger partial charge in [0.05, 0.1) is 0 Å². The topological polar surface area (TPSA) is 46.1 Å². The van der Waals surface area contributed by atoms with E-state index in [9.17, 15) is 4.79 Å². The third-order valence-electron chi connectivity index (χ3n) is 3.55. The minimum Gasteiger partial charge on any atom is -0.343 e. The van der Waals surface area contributed by atoms with Crippen molar-refractivity contribution in [2.75, 3.05) is 13.1 Å². The van der Waals surface area contributed by atoms with E-state index in [-0.39, 0.29) is 5.91 Å². The molecule has 5 heteroatoms. The van der Waals surface area contributed by atoms with Crippen LogP contribution in [0.5, 0.6) is 0 Å². The van der Waals surface area contributed by atoms with Crippen molar-refractivity contribution >= 4 is 17.5 Å². The molecule has 0 aromatic carbocycles. The first-order chi connectivity index (χ1) is 8.65. The van der Waals surface area contributed by atoms with Crippen molar-refractivity contribution in [1.29, 1.82) is 0 Å². The molecule has 0 bridgehead atoms. The van der Waals surface area contributed by atoms with E-state index in [1.165, 1.54) is 0 Å². The van der Waals surface area contributed by atoms with Gasteiger partial charge in [0.25, 0.3) is 0 Å². The maximum atomic E-state index is 11.2. The number of carbonyl (C=O) groups is 1. The van der Waals surface area contributed by atoms with Gasteiger partial charge in [0.2, 0.25) is 11.2 Å². The highest BCUT2D eigenvalue weighted by molar-refractivity contribution is 6.28. The molecule has 1 fully saturated rings. The van der Waals surface area contributed by atoms with Gasteiger partial charge in [0, 0.05) is 31.9 Å². The van der Waals surface area contributed by atoms with E-state index in [0.717, 1.165) is 44.5 Å². The summed E-state index contributed by atoms with van der Waals surface area (Å²) in [7, 11) is 0. The molecule has 1 amide bonds. The lowest BCUT2D eigenvalue weighted by Gasteiger charge is -2.31. The number of hydrogen-bond donors (Lipinski definition) is 0. The minimum absolute atomic E-state index is 0.191. The van der Waals surface area contributed by atoms with Crippen molar-refractivity contribution < 1.29 is 4.79 Å². The molecule has 0 atom stereocenters. The molecule has 0 radical (unpaired) electrons. The molecule has 0 aliphatic carbocycles. The predicted octanol–water partition coefficient (Wildman–Crippen LogP) is 2.32. The van der Waals surface area contributed by atoms with Gasteiger partial charge in [-0.15, -0.1) is 0 Å². The van der Waals surface area contributed by atoms with Crippen LogP contribution in [0.3, 0.4) is 0 Å². The molecular weight excluding hydrogens is 250 g/mol. The largest absolute Gasteiger partial charge is 0.343 e. The minimum atomic E-state index is 0.191. The maximum Gasteiger partial charge on any atom is 0.222 e. The van der Waals surface area contributed by atoms with Crippen LogP contribution in [0.2, 0.25) is 5.28 Å². The molecule has 0 saturated carbocycles. The van der Waals surface area contributed by atoms with Crippen molar-refractivity contribution in [2.24, 2.45) is 5.92 Å². The quantitative estimate of drug-likeness (QED) is 0.790. The Hall–Kier alpha value is -1.16. The average molecular weight is 268 g/mol. The van der Waals surface area contributed by atoms with Crippen LogP contribution in [0.25, 0.3) is 0 Å². The van der Waals surface area contributed by atoms with Crippen molar-refractivity contribution in [3.8, 4) is 0 Å². The van der Waals surface area contributed by atoms with Gasteiger partial charge in [0.15, 0.2) is 0 Å². The molecular formula is C13H18ClN3O. The fraction of sp³-hybridized carbons (Fsp3) is 0.615. The van der Waals surface area contributed by atoms with Crippen molar-refractivity contribution in [2.45, 2.75) is 32.6 Å². The van der Waals surface area contributed by atoms with Crippen molar-refractivity contribution in [3.05, 3.63) is 23.2 Å². The summed E-state index contributed by atoms with van der Waals surface area (Å²) in [4.78, 5) is 21.2. The lowest BCUT2D eigenvalue weighted by atomic mass is 9.91. The molecule has 4 nitrogen and oxygen atoms in total. The lowest BCUT2D eigenvalue weighted by Crippen LogP contribution is -2.37. The molecule has 1 aromatic heterocycles. The molecule has 2 rings (SSSR count). The Labute approximate surface area is 112 Å². The van der Waals surface area contributed by atoms with Crippen LogP contribution >= 0.6 is 11.6 Å². The van der Waals surface area contributed by atoms with Gasteiger partial charge >= 0.3 is 0 Å². The van der Waals surface area contributed by atoms with Crippen LogP contribution in [0.15, 0.2) is 12.3 Å². The van der Waals surface area contributed by atoms with Crippen LogP contribution in [0.1, 0.15) is 31.9 Å². The number of halogens is 1. The average Bonchev–Trinajstić information content (AvgIpc) is 2.37. The number of nitrogens with zero attached hydrogens (tertiary/aromatic N) is 3. The van der Waals surface area contributed by atoms with E-state index in [2.05, 4.69) is 9.97 Å². The number of rotatable bonds is 3. The van der Waals surface area contributed by atoms with Gasteiger partial charge in [-0.1, -0.05) is 0 Å². The first-order valence-corrected chi connectivity index (χ1v) is 6.76. The highest BCUT2D eigenvalue weighted by Gasteiger charge is 2.20. The van der Waals surface area contributed by atoms with Crippen molar-refractivity contribution in [3.63, 3.8) is 0 Å². The summed E-state index contributed by atoms with van der Waals surface area (Å²) in [6.45, 7) is 3.43. The number of likely N-dealkylation sites (tertiary alicyclic amines) is 1. The Morgan fingerprint density at radius 3 is 2.83 bits per heavy atom. The summed E-state index contributed by atoms with van der Waals surface area (Å²) >= 11 is 5.75. The molecule has 0 N–H and O–H groups in total. The second-order valence-electron chi connectivity index (χ2n) is 4.81. The van der Waals surface area contributed by atoms with Gasteiger partial charge < -0.3 is 4.90 Å². The van der Waals surface area contributed by atoms with Gasteiger partial charge in [-0.25, -0.2) is 9.97 Å². The first-order valence-electron chi connectivity index (χ1n) is 6.38. The third-order valence-corrected chi connectivity index (χ3v) is 3.73. The number of carbonyl (C=O) groups excluding carboxylic acids is 1. The molecule has 98 valence electrons. The molecule has 0 spiro atoms. The predicted molar refractivity (Wildman–Crippen MR) is 70.3 cm³/mol. The summed E-state index contributed by atoms with van der Waals surface area (Å²) in [5.74, 6) is 0.880. The van der Waals surface area contributed by atoms with Gasteiger partial charge in [0.1, 0.15) is 0 Å². The first kappa shape index (κ1) is 13.3. The summed E-state index contributed by atoms with van der Waals surface area (Å²) in [5.41, 5.74) is 1.00. The van der Waals surface area contributed by atoms with Crippen molar-refractivity contribution in [1.82, 2.24) is 14.9 Å². The summed E-state index contributed by atoms with van der Waals surface area (Å²) in [6, 6.07) is 1.91. The SMILES string of the molecule is CC(=O)N1CCC(CCc2ccnc(Cl)n2)CC1. The standard InChI is InChI=1S/C13H18ClN3O/c1-10(18)17-8-5-11(6-9-17)2-3-12-4-7-15-13(14)16-12/h4,7,11H,2-3,5-6,8-9H2,1H3. The number of aryl methyl sites for hydroxylation is 1. The Morgan fingerprint density at radius 2 is 2.22 bits per heavy atom. The van der Waals surface area contributed by atoms with Crippen LogP contribution in [0, 0.1) is 5.92 Å². The van der Waals surface area contributed by atoms with E-state index in [1.807, 2.05) is 11.0 Å². The summed E-state index contributed by atoms with van der Waals surface area (Å²) in [5, 5.41) is 0.318. The zero-order valence-corrected chi connectivity index (χ0v) is 11.4. The number of amides is 1. The molecule has 0 unspecified atom stereocenters. The molecule has 1 saturated heterocycles. The maximum absolute atomic E-state index is 11.2. The Kier molecular flexibility index (Phi) is 4.53. The second-order valence-corrected chi connectivity index (χ2v) is 5.14. The summed E-state index contributed by atoms with van der Waals surface area (Å²) in [6.07, 6.45) is 5.94. The monoisotopic (exact) mass is 267 g/mol. The highest BCUT2D eigenvalue weighted by Crippen LogP contribution is 2.22. The van der Waals surface area contributed by atoms with E-state index < -0.39 is 0 Å². The zero-order chi connectivity index (χ0) is 13.0. The summed E-state index contributed by atoms with van der Waals surface area (Å²) < 4.78 is 0. The number of hydrogen-bond acceptors (Lipinski definition) is 3. The van der Waals surface area contributed by atoms with Crippen LogP contribution in [0.4, 0.5) is 0 Å². The fourth-order valence-electron chi connectivity index (χ4n) is 2.40. The second kappa shape index (κ2) is 6.14. The van der Waals surface area contributed by atoms with E-state index in [4.69, 9.17) is 11.6 Å². The lowest BCUT2D eigenvalue weighted by molar-refractivity contribution is -0.130. The Bertz CT molecular complexity index is 416. The molecule has 18 heavy (non-hydrogen) atoms. The van der Waals surface area contributed by atoms with E-state index in [0.29, 0.717) is 11.2 Å². The molecule has 1 aliphatic heterocycles.